The van der Waals surface area contributed by atoms with Gasteiger partial charge >= 0.3 is 5.69 Å². The number of fused-ring (bicyclic) bond motifs is 1. The molecule has 28 heavy (non-hydrogen) atoms. The van der Waals surface area contributed by atoms with Crippen molar-refractivity contribution in [2.24, 2.45) is 5.92 Å². The van der Waals surface area contributed by atoms with Crippen molar-refractivity contribution in [2.75, 3.05) is 11.6 Å². The predicted octanol–water partition coefficient (Wildman–Crippen LogP) is 2.87. The van der Waals surface area contributed by atoms with Gasteiger partial charge < -0.3 is 16.6 Å². The second kappa shape index (κ2) is 6.02. The number of imidazole rings is 2. The molecule has 7 heteroatoms. The third-order valence-corrected chi connectivity index (χ3v) is 5.40. The van der Waals surface area contributed by atoms with Gasteiger partial charge in [0.2, 0.25) is 0 Å². The van der Waals surface area contributed by atoms with E-state index in [1.165, 1.54) is 17.5 Å². The van der Waals surface area contributed by atoms with Gasteiger partial charge in [0.15, 0.2) is 5.95 Å². The van der Waals surface area contributed by atoms with Gasteiger partial charge in [-0.3, -0.25) is 4.57 Å². The van der Waals surface area contributed by atoms with Crippen molar-refractivity contribution in [3.05, 3.63) is 58.5 Å². The molecule has 2 aromatic carbocycles. The zero-order valence-corrected chi connectivity index (χ0v) is 15.6. The largest absolute Gasteiger partial charge is 0.369 e. The number of nitrogen functional groups attached to an aromatic ring is 2. The summed E-state index contributed by atoms with van der Waals surface area (Å²) in [6.45, 7) is 2.77. The Morgan fingerprint density at radius 1 is 1.14 bits per heavy atom. The van der Waals surface area contributed by atoms with Crippen LogP contribution in [0, 0.1) is 12.8 Å². The lowest BCUT2D eigenvalue weighted by molar-refractivity contribution is 0.614. The Hall–Kier alpha value is -3.48. The molecule has 0 atom stereocenters. The fraction of sp³-hybridized carbons (Fsp3) is 0.238. The van der Waals surface area contributed by atoms with Gasteiger partial charge in [-0.05, 0) is 43.9 Å². The first kappa shape index (κ1) is 16.7. The van der Waals surface area contributed by atoms with Gasteiger partial charge in [-0.1, -0.05) is 29.8 Å². The lowest BCUT2D eigenvalue weighted by Gasteiger charge is -2.06. The Kier molecular flexibility index (Phi) is 3.58. The van der Waals surface area contributed by atoms with Crippen molar-refractivity contribution in [2.45, 2.75) is 26.3 Å². The molecule has 0 radical (unpaired) electrons. The number of H-pyrrole nitrogens is 1. The molecular weight excluding hydrogens is 352 g/mol. The molecule has 1 saturated carbocycles. The highest BCUT2D eigenvalue weighted by atomic mass is 16.2. The summed E-state index contributed by atoms with van der Waals surface area (Å²) in [6, 6.07) is 14.0. The van der Waals surface area contributed by atoms with Gasteiger partial charge in [0.25, 0.3) is 0 Å². The van der Waals surface area contributed by atoms with Gasteiger partial charge in [-0.25, -0.2) is 14.5 Å². The van der Waals surface area contributed by atoms with Crippen LogP contribution in [0.5, 0.6) is 0 Å². The average Bonchev–Trinajstić information content (AvgIpc) is 3.38. The molecule has 0 bridgehead atoms. The maximum absolute atomic E-state index is 12.6. The summed E-state index contributed by atoms with van der Waals surface area (Å²) in [6.07, 6.45) is 2.35. The van der Waals surface area contributed by atoms with Gasteiger partial charge in [-0.15, -0.1) is 0 Å². The first-order valence-corrected chi connectivity index (χ1v) is 9.44. The number of hydrogen-bond acceptors (Lipinski definition) is 4. The molecule has 4 aromatic rings. The highest BCUT2D eigenvalue weighted by molar-refractivity contribution is 5.87. The average molecular weight is 374 g/mol. The lowest BCUT2D eigenvalue weighted by atomic mass is 10.0. The summed E-state index contributed by atoms with van der Waals surface area (Å²) in [5.41, 5.74) is 12.0. The van der Waals surface area contributed by atoms with E-state index in [1.54, 1.807) is 4.57 Å². The molecule has 1 aliphatic rings. The highest BCUT2D eigenvalue weighted by Gasteiger charge is 2.25. The quantitative estimate of drug-likeness (QED) is 0.477. The smallest absolute Gasteiger partial charge is 0.347 e. The SMILES string of the molecule is Cc1cccc(-c2nc(N)[nH]c2-c2ccc3c(c2)n(N)c(=O)n3CC2CC2)c1. The molecule has 0 unspecified atom stereocenters. The van der Waals surface area contributed by atoms with Crippen LogP contribution < -0.4 is 17.3 Å². The summed E-state index contributed by atoms with van der Waals surface area (Å²) < 4.78 is 3.01. The molecule has 142 valence electrons. The normalized spacial score (nSPS) is 14.0. The molecule has 1 fully saturated rings. The number of aryl methyl sites for hydroxylation is 1. The van der Waals surface area contributed by atoms with Crippen LogP contribution in [0.15, 0.2) is 47.3 Å². The summed E-state index contributed by atoms with van der Waals surface area (Å²) in [5.74, 6) is 7.03. The molecule has 0 amide bonds. The number of aromatic nitrogens is 4. The molecule has 5 N–H and O–H groups in total. The van der Waals surface area contributed by atoms with E-state index in [0.717, 1.165) is 40.1 Å². The van der Waals surface area contributed by atoms with E-state index in [2.05, 4.69) is 16.0 Å². The number of nitrogens with zero attached hydrogens (tertiary/aromatic N) is 3. The Labute approximate surface area is 161 Å². The molecule has 0 saturated heterocycles. The van der Waals surface area contributed by atoms with E-state index in [4.69, 9.17) is 11.6 Å². The van der Waals surface area contributed by atoms with Crippen molar-refractivity contribution in [3.63, 3.8) is 0 Å². The summed E-state index contributed by atoms with van der Waals surface area (Å²) in [5, 5.41) is 0. The van der Waals surface area contributed by atoms with Gasteiger partial charge in [0.1, 0.15) is 0 Å². The van der Waals surface area contributed by atoms with E-state index < -0.39 is 0 Å². The Balaban J connectivity index is 1.66. The molecule has 0 aliphatic heterocycles. The Bertz CT molecular complexity index is 1260. The number of nitrogens with two attached hydrogens (primary N) is 2. The highest BCUT2D eigenvalue weighted by Crippen LogP contribution is 2.34. The van der Waals surface area contributed by atoms with Crippen molar-refractivity contribution in [1.29, 1.82) is 0 Å². The van der Waals surface area contributed by atoms with Gasteiger partial charge in [0.05, 0.1) is 22.4 Å². The minimum absolute atomic E-state index is 0.179. The van der Waals surface area contributed by atoms with Crippen molar-refractivity contribution >= 4 is 17.0 Å². The number of nitrogens with one attached hydrogen (secondary N) is 1. The fourth-order valence-electron chi connectivity index (χ4n) is 3.77. The van der Waals surface area contributed by atoms with Crippen LogP contribution in [0.3, 0.4) is 0 Å². The number of anilines is 1. The first-order chi connectivity index (χ1) is 13.5. The molecule has 2 aromatic heterocycles. The molecule has 0 spiro atoms. The monoisotopic (exact) mass is 374 g/mol. The van der Waals surface area contributed by atoms with E-state index in [-0.39, 0.29) is 5.69 Å². The van der Waals surface area contributed by atoms with Crippen LogP contribution in [-0.4, -0.2) is 19.2 Å². The van der Waals surface area contributed by atoms with E-state index in [0.29, 0.717) is 17.4 Å². The molecule has 1 aliphatic carbocycles. The first-order valence-electron chi connectivity index (χ1n) is 9.44. The third kappa shape index (κ3) is 2.67. The van der Waals surface area contributed by atoms with Crippen molar-refractivity contribution < 1.29 is 0 Å². The van der Waals surface area contributed by atoms with Crippen LogP contribution in [0.2, 0.25) is 0 Å². The van der Waals surface area contributed by atoms with Crippen LogP contribution in [-0.2, 0) is 6.54 Å². The maximum Gasteiger partial charge on any atom is 0.347 e. The predicted molar refractivity (Wildman–Crippen MR) is 111 cm³/mol. The van der Waals surface area contributed by atoms with E-state index in [1.807, 2.05) is 43.3 Å². The summed E-state index contributed by atoms with van der Waals surface area (Å²) in [4.78, 5) is 20.2. The fourth-order valence-corrected chi connectivity index (χ4v) is 3.77. The van der Waals surface area contributed by atoms with E-state index >= 15 is 0 Å². The van der Waals surface area contributed by atoms with Crippen LogP contribution >= 0.6 is 0 Å². The van der Waals surface area contributed by atoms with Crippen molar-refractivity contribution in [3.8, 4) is 22.5 Å². The van der Waals surface area contributed by atoms with Gasteiger partial charge in [0, 0.05) is 17.7 Å². The second-order valence-corrected chi connectivity index (χ2v) is 7.63. The maximum atomic E-state index is 12.6. The van der Waals surface area contributed by atoms with Crippen molar-refractivity contribution in [1.82, 2.24) is 19.2 Å². The zero-order chi connectivity index (χ0) is 19.4. The van der Waals surface area contributed by atoms with Crippen LogP contribution in [0.25, 0.3) is 33.5 Å². The standard InChI is InChI=1S/C21H22N6O/c1-12-3-2-4-14(9-12)18-19(25-20(22)24-18)15-7-8-16-17(10-15)27(23)21(28)26(16)11-13-5-6-13/h2-4,7-10,13H,5-6,11,23H2,1H3,(H3,22,24,25). The van der Waals surface area contributed by atoms with E-state index in [9.17, 15) is 4.79 Å². The third-order valence-electron chi connectivity index (χ3n) is 5.40. The number of rotatable bonds is 4. The topological polar surface area (TPSA) is 108 Å². The second-order valence-electron chi connectivity index (χ2n) is 7.63. The number of aromatic amines is 1. The Morgan fingerprint density at radius 2 is 1.96 bits per heavy atom. The van der Waals surface area contributed by atoms with Gasteiger partial charge in [-0.2, -0.15) is 0 Å². The Morgan fingerprint density at radius 3 is 2.71 bits per heavy atom. The number of benzene rings is 2. The minimum atomic E-state index is -0.179. The summed E-state index contributed by atoms with van der Waals surface area (Å²) in [7, 11) is 0. The summed E-state index contributed by atoms with van der Waals surface area (Å²) >= 11 is 0. The molecule has 7 nitrogen and oxygen atoms in total. The molecule has 5 rings (SSSR count). The zero-order valence-electron chi connectivity index (χ0n) is 15.6. The van der Waals surface area contributed by atoms with Crippen LogP contribution in [0.4, 0.5) is 5.95 Å². The number of hydrogen-bond donors (Lipinski definition) is 3. The molecular formula is C21H22N6O. The lowest BCUT2D eigenvalue weighted by Crippen LogP contribution is -2.29. The minimum Gasteiger partial charge on any atom is -0.369 e. The van der Waals surface area contributed by atoms with Crippen LogP contribution in [0.1, 0.15) is 18.4 Å². The molecule has 2 heterocycles.